The Morgan fingerprint density at radius 1 is 1.00 bits per heavy atom. The van der Waals surface area contributed by atoms with Gasteiger partial charge in [-0.25, -0.2) is 9.98 Å². The summed E-state index contributed by atoms with van der Waals surface area (Å²) >= 11 is 0. The molecule has 1 spiro atoms. The molecule has 0 fully saturated rings. The van der Waals surface area contributed by atoms with Crippen LogP contribution < -0.4 is 15.3 Å². The predicted octanol–water partition coefficient (Wildman–Crippen LogP) is 2.60. The van der Waals surface area contributed by atoms with E-state index in [0.29, 0.717) is 0 Å². The molecule has 0 radical (unpaired) electrons. The quantitative estimate of drug-likeness (QED) is 0.728. The van der Waals surface area contributed by atoms with Crippen molar-refractivity contribution < 1.29 is 4.74 Å². The maximum absolute atomic E-state index is 6.26. The van der Waals surface area contributed by atoms with Crippen molar-refractivity contribution in [2.45, 2.75) is 26.5 Å². The Bertz CT molecular complexity index is 874. The largest absolute Gasteiger partial charge is 0.455 e. The predicted molar refractivity (Wildman–Crippen MR) is 83.7 cm³/mol. The van der Waals surface area contributed by atoms with Gasteiger partial charge in [0.25, 0.3) is 5.72 Å². The molecule has 2 aromatic rings. The van der Waals surface area contributed by atoms with E-state index in [-0.39, 0.29) is 0 Å². The van der Waals surface area contributed by atoms with Gasteiger partial charge in [0.1, 0.15) is 11.4 Å². The summed E-state index contributed by atoms with van der Waals surface area (Å²) in [5.74, 6) is 0.802. The highest BCUT2D eigenvalue weighted by molar-refractivity contribution is 6.00. The van der Waals surface area contributed by atoms with Crippen LogP contribution in [0.4, 0.5) is 5.69 Å². The van der Waals surface area contributed by atoms with Crippen LogP contribution in [-0.2, 0) is 0 Å². The van der Waals surface area contributed by atoms with Crippen LogP contribution in [0.2, 0.25) is 0 Å². The molecule has 2 aliphatic rings. The summed E-state index contributed by atoms with van der Waals surface area (Å²) < 4.78 is 6.26. The first-order chi connectivity index (χ1) is 10.1. The molecule has 2 heterocycles. The van der Waals surface area contributed by atoms with Gasteiger partial charge in [-0.3, -0.25) is 0 Å². The number of aryl methyl sites for hydroxylation is 1. The van der Waals surface area contributed by atoms with Gasteiger partial charge in [-0.15, -0.1) is 0 Å². The minimum atomic E-state index is -0.779. The van der Waals surface area contributed by atoms with Crippen LogP contribution in [0.25, 0.3) is 6.08 Å². The van der Waals surface area contributed by atoms with Crippen LogP contribution >= 0.6 is 0 Å². The first-order valence-electron chi connectivity index (χ1n) is 7.12. The molecule has 3 heteroatoms. The molecule has 0 saturated heterocycles. The Balaban J connectivity index is 1.94. The van der Waals surface area contributed by atoms with Gasteiger partial charge in [-0.2, -0.15) is 0 Å². The zero-order valence-electron chi connectivity index (χ0n) is 12.3. The number of hydrogen-bond donors (Lipinski definition) is 0. The maximum Gasteiger partial charge on any atom is 0.260 e. The molecular weight excluding hydrogens is 260 g/mol. The Morgan fingerprint density at radius 3 is 2.62 bits per heavy atom. The molecule has 0 aromatic heterocycles. The van der Waals surface area contributed by atoms with E-state index in [1.54, 1.807) is 0 Å². The van der Waals surface area contributed by atoms with Gasteiger partial charge in [0.2, 0.25) is 0 Å². The second-order valence-corrected chi connectivity index (χ2v) is 5.66. The van der Waals surface area contributed by atoms with E-state index in [4.69, 9.17) is 14.7 Å². The smallest absolute Gasteiger partial charge is 0.260 e. The van der Waals surface area contributed by atoms with E-state index in [1.807, 2.05) is 31.2 Å². The van der Waals surface area contributed by atoms with Crippen LogP contribution in [0.1, 0.15) is 18.1 Å². The summed E-state index contributed by atoms with van der Waals surface area (Å²) in [6.45, 7) is 6.15. The highest BCUT2D eigenvalue weighted by Gasteiger charge is 2.39. The van der Waals surface area contributed by atoms with Crippen molar-refractivity contribution >= 4 is 17.5 Å². The van der Waals surface area contributed by atoms with Crippen molar-refractivity contribution in [1.29, 1.82) is 0 Å². The summed E-state index contributed by atoms with van der Waals surface area (Å²) in [5, 5.41) is 2.05. The van der Waals surface area contributed by atoms with Crippen LogP contribution in [0, 0.1) is 13.8 Å². The Morgan fingerprint density at radius 2 is 1.81 bits per heavy atom. The molecule has 0 aliphatic carbocycles. The summed E-state index contributed by atoms with van der Waals surface area (Å²) in [7, 11) is 0. The zero-order valence-corrected chi connectivity index (χ0v) is 12.3. The number of para-hydroxylation sites is 1. The second kappa shape index (κ2) is 4.04. The third-order valence-electron chi connectivity index (χ3n) is 4.30. The molecule has 0 amide bonds. The van der Waals surface area contributed by atoms with Gasteiger partial charge < -0.3 is 4.74 Å². The van der Waals surface area contributed by atoms with E-state index in [9.17, 15) is 0 Å². The van der Waals surface area contributed by atoms with Crippen molar-refractivity contribution in [3.63, 3.8) is 0 Å². The maximum atomic E-state index is 6.26. The van der Waals surface area contributed by atoms with Crippen molar-refractivity contribution in [1.82, 2.24) is 0 Å². The summed E-state index contributed by atoms with van der Waals surface area (Å²) in [4.78, 5) is 9.56. The molecule has 1 unspecified atom stereocenters. The number of hydrogen-bond acceptors (Lipinski definition) is 3. The van der Waals surface area contributed by atoms with E-state index in [0.717, 1.165) is 33.3 Å². The van der Waals surface area contributed by atoms with Crippen LogP contribution in [0.3, 0.4) is 0 Å². The van der Waals surface area contributed by atoms with Crippen molar-refractivity contribution in [2.75, 3.05) is 0 Å². The van der Waals surface area contributed by atoms with E-state index in [1.165, 1.54) is 5.56 Å². The van der Waals surface area contributed by atoms with Gasteiger partial charge in [0.15, 0.2) is 0 Å². The Labute approximate surface area is 123 Å². The normalized spacial score (nSPS) is 21.8. The first kappa shape index (κ1) is 12.3. The number of nitrogens with zero attached hydrogens (tertiary/aromatic N) is 2. The van der Waals surface area contributed by atoms with Gasteiger partial charge in [0, 0.05) is 5.22 Å². The number of fused-ring (bicyclic) bond motifs is 2. The minimum Gasteiger partial charge on any atom is -0.455 e. The standard InChI is InChI=1S/C18H16N2O/c1-11-8-9-16-17(12(11)2)19-13(3)18(21-16)10-14-6-4-5-7-15(14)20-18/h4-10H,1-3H3. The summed E-state index contributed by atoms with van der Waals surface area (Å²) in [6.07, 6.45) is 2.05. The number of aliphatic imine (C=N–C) groups is 1. The molecule has 104 valence electrons. The second-order valence-electron chi connectivity index (χ2n) is 5.66. The van der Waals surface area contributed by atoms with Crippen LogP contribution in [0.15, 0.2) is 46.4 Å². The van der Waals surface area contributed by atoms with E-state index < -0.39 is 5.72 Å². The fraction of sp³-hybridized carbons (Fsp3) is 0.222. The fourth-order valence-corrected chi connectivity index (χ4v) is 2.86. The lowest BCUT2D eigenvalue weighted by Gasteiger charge is -2.31. The van der Waals surface area contributed by atoms with E-state index >= 15 is 0 Å². The molecule has 2 aliphatic heterocycles. The van der Waals surface area contributed by atoms with Crippen molar-refractivity contribution in [3.05, 3.63) is 58.1 Å². The van der Waals surface area contributed by atoms with Gasteiger partial charge >= 0.3 is 0 Å². The molecule has 4 rings (SSSR count). The topological polar surface area (TPSA) is 34.0 Å². The third-order valence-corrected chi connectivity index (χ3v) is 4.30. The highest BCUT2D eigenvalue weighted by atomic mass is 16.5. The van der Waals surface area contributed by atoms with Crippen LogP contribution in [0.5, 0.6) is 5.75 Å². The number of benzene rings is 2. The molecule has 0 saturated carbocycles. The average Bonchev–Trinajstić information content (AvgIpc) is 2.84. The zero-order chi connectivity index (χ0) is 14.6. The fourth-order valence-electron chi connectivity index (χ4n) is 2.86. The first-order valence-corrected chi connectivity index (χ1v) is 7.12. The summed E-state index contributed by atoms with van der Waals surface area (Å²) in [5.41, 5.74) is 3.41. The Hall–Kier alpha value is -2.42. The van der Waals surface area contributed by atoms with E-state index in [2.05, 4.69) is 32.1 Å². The van der Waals surface area contributed by atoms with Crippen molar-refractivity contribution in [3.8, 4) is 5.75 Å². The van der Waals surface area contributed by atoms with Crippen molar-refractivity contribution in [2.24, 2.45) is 9.98 Å². The lowest BCUT2D eigenvalue weighted by atomic mass is 10.0. The molecule has 1 atom stereocenters. The molecule has 0 N–H and O–H groups in total. The molecule has 21 heavy (non-hydrogen) atoms. The Kier molecular flexibility index (Phi) is 2.37. The average molecular weight is 276 g/mol. The minimum absolute atomic E-state index is 0.779. The molecular formula is C18H16N2O. The third kappa shape index (κ3) is 1.67. The van der Waals surface area contributed by atoms with Gasteiger partial charge in [-0.05, 0) is 50.1 Å². The lowest BCUT2D eigenvalue weighted by molar-refractivity contribution is 0.212. The van der Waals surface area contributed by atoms with Gasteiger partial charge in [0.05, 0.1) is 11.1 Å². The number of ether oxygens (including phenoxy) is 1. The lowest BCUT2D eigenvalue weighted by Crippen LogP contribution is -2.40. The SMILES string of the molecule is CC1=Nc2c(ccc(C)c2C)OC12C=c1ccccc1=N2. The molecule has 2 aromatic carbocycles. The number of rotatable bonds is 0. The molecule has 3 nitrogen and oxygen atoms in total. The molecule has 0 bridgehead atoms. The monoisotopic (exact) mass is 276 g/mol. The summed E-state index contributed by atoms with van der Waals surface area (Å²) in [6, 6.07) is 12.1. The van der Waals surface area contributed by atoms with Crippen LogP contribution in [-0.4, -0.2) is 11.4 Å². The van der Waals surface area contributed by atoms with Gasteiger partial charge in [-0.1, -0.05) is 24.3 Å². The highest BCUT2D eigenvalue weighted by Crippen LogP contribution is 2.41.